The topological polar surface area (TPSA) is 86.5 Å². The number of hydrogen-bond acceptors (Lipinski definition) is 6. The third-order valence-corrected chi connectivity index (χ3v) is 4.28. The van der Waals surface area contributed by atoms with E-state index in [1.807, 2.05) is 36.4 Å². The van der Waals surface area contributed by atoms with Gasteiger partial charge < -0.3 is 19.3 Å². The van der Waals surface area contributed by atoms with Crippen LogP contribution in [-0.4, -0.2) is 29.8 Å². The number of amides is 1. The third kappa shape index (κ3) is 4.64. The van der Waals surface area contributed by atoms with Crippen LogP contribution in [0.5, 0.6) is 11.5 Å². The third-order valence-electron chi connectivity index (χ3n) is 4.28. The van der Waals surface area contributed by atoms with Gasteiger partial charge in [0, 0.05) is 16.8 Å². The van der Waals surface area contributed by atoms with Gasteiger partial charge in [-0.2, -0.15) is 4.98 Å². The molecule has 7 heteroatoms. The number of rotatable bonds is 7. The Morgan fingerprint density at radius 1 is 0.933 bits per heavy atom. The molecule has 1 amide bonds. The van der Waals surface area contributed by atoms with Gasteiger partial charge in [-0.15, -0.1) is 0 Å². The summed E-state index contributed by atoms with van der Waals surface area (Å²) in [6.45, 7) is -0.130. The molecule has 150 valence electrons. The maximum atomic E-state index is 12.1. The predicted molar refractivity (Wildman–Crippen MR) is 112 cm³/mol. The highest BCUT2D eigenvalue weighted by molar-refractivity contribution is 5.91. The van der Waals surface area contributed by atoms with Gasteiger partial charge in [-0.25, -0.2) is 0 Å². The van der Waals surface area contributed by atoms with Crippen LogP contribution in [0.2, 0.25) is 0 Å². The van der Waals surface area contributed by atoms with E-state index >= 15 is 0 Å². The van der Waals surface area contributed by atoms with Crippen LogP contribution in [0.15, 0.2) is 83.4 Å². The molecule has 30 heavy (non-hydrogen) atoms. The fourth-order valence-electron chi connectivity index (χ4n) is 2.78. The second kappa shape index (κ2) is 8.91. The Balaban J connectivity index is 1.39. The number of methoxy groups -OCH3 is 1. The molecule has 0 atom stereocenters. The molecule has 4 aromatic rings. The Labute approximate surface area is 173 Å². The molecule has 0 saturated carbocycles. The van der Waals surface area contributed by atoms with E-state index in [0.29, 0.717) is 28.7 Å². The van der Waals surface area contributed by atoms with Crippen molar-refractivity contribution in [2.45, 2.75) is 0 Å². The second-order valence-corrected chi connectivity index (χ2v) is 6.38. The lowest BCUT2D eigenvalue weighted by molar-refractivity contribution is -0.118. The first-order chi connectivity index (χ1) is 14.7. The summed E-state index contributed by atoms with van der Waals surface area (Å²) in [6.07, 6.45) is 0. The highest BCUT2D eigenvalue weighted by Gasteiger charge is 2.12. The lowest BCUT2D eigenvalue weighted by Gasteiger charge is -2.08. The van der Waals surface area contributed by atoms with E-state index in [1.165, 1.54) is 0 Å². The van der Waals surface area contributed by atoms with Crippen molar-refractivity contribution >= 4 is 11.6 Å². The number of nitrogens with zero attached hydrogens (tertiary/aromatic N) is 2. The van der Waals surface area contributed by atoms with Crippen LogP contribution in [0.4, 0.5) is 5.69 Å². The Morgan fingerprint density at radius 3 is 2.47 bits per heavy atom. The van der Waals surface area contributed by atoms with Crippen LogP contribution in [-0.2, 0) is 4.79 Å². The summed E-state index contributed by atoms with van der Waals surface area (Å²) >= 11 is 0. The first-order valence-corrected chi connectivity index (χ1v) is 9.27. The highest BCUT2D eigenvalue weighted by Crippen LogP contribution is 2.25. The van der Waals surface area contributed by atoms with Crippen LogP contribution in [0.25, 0.3) is 22.8 Å². The molecular weight excluding hydrogens is 382 g/mol. The Bertz CT molecular complexity index is 1120. The molecule has 0 unspecified atom stereocenters. The lowest BCUT2D eigenvalue weighted by atomic mass is 10.2. The van der Waals surface area contributed by atoms with E-state index in [9.17, 15) is 4.79 Å². The summed E-state index contributed by atoms with van der Waals surface area (Å²) in [4.78, 5) is 16.6. The van der Waals surface area contributed by atoms with Crippen molar-refractivity contribution in [3.8, 4) is 34.3 Å². The van der Waals surface area contributed by atoms with Crippen molar-refractivity contribution in [2.24, 2.45) is 0 Å². The van der Waals surface area contributed by atoms with E-state index < -0.39 is 0 Å². The van der Waals surface area contributed by atoms with Gasteiger partial charge in [-0.3, -0.25) is 4.79 Å². The van der Waals surface area contributed by atoms with Crippen molar-refractivity contribution < 1.29 is 18.8 Å². The minimum atomic E-state index is -0.269. The summed E-state index contributed by atoms with van der Waals surface area (Å²) < 4.78 is 16.1. The number of aromatic nitrogens is 2. The van der Waals surface area contributed by atoms with Crippen molar-refractivity contribution in [1.82, 2.24) is 10.1 Å². The summed E-state index contributed by atoms with van der Waals surface area (Å²) in [7, 11) is 1.59. The van der Waals surface area contributed by atoms with Gasteiger partial charge in [0.2, 0.25) is 5.82 Å². The van der Waals surface area contributed by atoms with Crippen molar-refractivity contribution in [3.05, 3.63) is 78.9 Å². The largest absolute Gasteiger partial charge is 0.497 e. The number of benzene rings is 3. The standard InChI is InChI=1S/C23H19N3O4/c1-28-19-12-10-18(11-13-19)24-21(27)15-29-20-9-5-8-17(14-20)23-25-22(26-30-23)16-6-3-2-4-7-16/h2-14H,15H2,1H3,(H,24,27). The quantitative estimate of drug-likeness (QED) is 0.493. The molecule has 0 aliphatic rings. The lowest BCUT2D eigenvalue weighted by Crippen LogP contribution is -2.20. The summed E-state index contributed by atoms with van der Waals surface area (Å²) in [5, 5.41) is 6.80. The molecule has 0 aliphatic heterocycles. The molecule has 0 aliphatic carbocycles. The molecule has 3 aromatic carbocycles. The van der Waals surface area contributed by atoms with Gasteiger partial charge in [0.15, 0.2) is 6.61 Å². The van der Waals surface area contributed by atoms with Gasteiger partial charge in [0.1, 0.15) is 11.5 Å². The molecule has 1 aromatic heterocycles. The van der Waals surface area contributed by atoms with E-state index in [2.05, 4.69) is 15.5 Å². The smallest absolute Gasteiger partial charge is 0.262 e. The van der Waals surface area contributed by atoms with Crippen LogP contribution in [0.1, 0.15) is 0 Å². The van der Waals surface area contributed by atoms with Crippen molar-refractivity contribution in [1.29, 1.82) is 0 Å². The maximum absolute atomic E-state index is 12.1. The highest BCUT2D eigenvalue weighted by atomic mass is 16.5. The summed E-state index contributed by atoms with van der Waals surface area (Å²) in [5.41, 5.74) is 2.24. The van der Waals surface area contributed by atoms with E-state index in [-0.39, 0.29) is 12.5 Å². The second-order valence-electron chi connectivity index (χ2n) is 6.38. The number of hydrogen-bond donors (Lipinski definition) is 1. The number of anilines is 1. The first kappa shape index (κ1) is 19.2. The Morgan fingerprint density at radius 2 is 1.70 bits per heavy atom. The average Bonchev–Trinajstić information content (AvgIpc) is 3.30. The monoisotopic (exact) mass is 401 g/mol. The zero-order valence-corrected chi connectivity index (χ0v) is 16.2. The van der Waals surface area contributed by atoms with E-state index in [4.69, 9.17) is 14.0 Å². The Kier molecular flexibility index (Phi) is 5.70. The number of nitrogens with one attached hydrogen (secondary N) is 1. The average molecular weight is 401 g/mol. The maximum Gasteiger partial charge on any atom is 0.262 e. The normalized spacial score (nSPS) is 10.4. The molecule has 1 N–H and O–H groups in total. The minimum absolute atomic E-state index is 0.130. The molecule has 0 bridgehead atoms. The van der Waals surface area contributed by atoms with Crippen LogP contribution >= 0.6 is 0 Å². The molecule has 4 rings (SSSR count). The predicted octanol–water partition coefficient (Wildman–Crippen LogP) is 4.43. The number of ether oxygens (including phenoxy) is 2. The van der Waals surface area contributed by atoms with Crippen LogP contribution in [0, 0.1) is 0 Å². The number of carbonyl (C=O) groups excluding carboxylic acids is 1. The molecule has 0 fully saturated rings. The van der Waals surface area contributed by atoms with Gasteiger partial charge in [-0.05, 0) is 42.5 Å². The fraction of sp³-hybridized carbons (Fsp3) is 0.0870. The summed E-state index contributed by atoms with van der Waals surface area (Å²) in [6, 6.07) is 23.8. The van der Waals surface area contributed by atoms with E-state index in [0.717, 1.165) is 11.3 Å². The fourth-order valence-corrected chi connectivity index (χ4v) is 2.78. The van der Waals surface area contributed by atoms with Crippen LogP contribution in [0.3, 0.4) is 0 Å². The Hall–Kier alpha value is -4.13. The zero-order chi connectivity index (χ0) is 20.8. The number of carbonyl (C=O) groups is 1. The van der Waals surface area contributed by atoms with Gasteiger partial charge in [-0.1, -0.05) is 41.6 Å². The van der Waals surface area contributed by atoms with Gasteiger partial charge in [0.25, 0.3) is 11.8 Å². The zero-order valence-electron chi connectivity index (χ0n) is 16.2. The molecular formula is C23H19N3O4. The molecule has 1 heterocycles. The van der Waals surface area contributed by atoms with Crippen LogP contribution < -0.4 is 14.8 Å². The molecule has 0 spiro atoms. The molecule has 0 radical (unpaired) electrons. The molecule has 7 nitrogen and oxygen atoms in total. The SMILES string of the molecule is COc1ccc(NC(=O)COc2cccc(-c3nc(-c4ccccc4)no3)c2)cc1. The van der Waals surface area contributed by atoms with Crippen molar-refractivity contribution in [2.75, 3.05) is 19.0 Å². The van der Waals surface area contributed by atoms with Gasteiger partial charge in [0.05, 0.1) is 7.11 Å². The first-order valence-electron chi connectivity index (χ1n) is 9.27. The summed E-state index contributed by atoms with van der Waals surface area (Å²) in [5.74, 6) is 1.86. The minimum Gasteiger partial charge on any atom is -0.497 e. The van der Waals surface area contributed by atoms with Crippen molar-refractivity contribution in [3.63, 3.8) is 0 Å². The van der Waals surface area contributed by atoms with E-state index in [1.54, 1.807) is 49.6 Å². The molecule has 0 saturated heterocycles. The van der Waals surface area contributed by atoms with Gasteiger partial charge >= 0.3 is 0 Å².